The number of nitrogens with one attached hydrogen (secondary N) is 1. The number of rotatable bonds is 5. The molecule has 0 spiro atoms. The van der Waals surface area contributed by atoms with Crippen LogP contribution in [0.1, 0.15) is 21.7 Å². The van der Waals surface area contributed by atoms with Gasteiger partial charge >= 0.3 is 5.97 Å². The second kappa shape index (κ2) is 9.16. The molecule has 0 atom stereocenters. The van der Waals surface area contributed by atoms with Crippen LogP contribution in [0.4, 0.5) is 0 Å². The molecule has 0 bridgehead atoms. The van der Waals surface area contributed by atoms with Gasteiger partial charge in [-0.15, -0.1) is 0 Å². The lowest BCUT2D eigenvalue weighted by Gasteiger charge is -2.24. The van der Waals surface area contributed by atoms with Crippen LogP contribution in [0.15, 0.2) is 86.1 Å². The van der Waals surface area contributed by atoms with Crippen LogP contribution in [0.25, 0.3) is 17.4 Å². The second-order valence-electron chi connectivity index (χ2n) is 7.27. The number of fused-ring (bicyclic) bond motifs is 1. The Balaban J connectivity index is 1.38. The topological polar surface area (TPSA) is 119 Å². The third-order valence-electron chi connectivity index (χ3n) is 5.01. The van der Waals surface area contributed by atoms with Gasteiger partial charge in [0.2, 0.25) is 5.17 Å². The minimum Gasteiger partial charge on any atom is -0.478 e. The lowest BCUT2D eigenvalue weighted by atomic mass is 10.1. The van der Waals surface area contributed by atoms with Gasteiger partial charge in [0.1, 0.15) is 17.4 Å². The average Bonchev–Trinajstić information content (AvgIpc) is 3.48. The summed E-state index contributed by atoms with van der Waals surface area (Å²) in [7, 11) is 0. The molecule has 3 aromatic rings. The van der Waals surface area contributed by atoms with Gasteiger partial charge < -0.3 is 9.52 Å². The molecule has 168 valence electrons. The van der Waals surface area contributed by atoms with Gasteiger partial charge in [-0.3, -0.25) is 10.2 Å². The number of carbonyl (C=O) groups is 2. The van der Waals surface area contributed by atoms with E-state index < -0.39 is 11.9 Å². The van der Waals surface area contributed by atoms with Crippen LogP contribution in [0, 0.1) is 5.41 Å². The maximum Gasteiger partial charge on any atom is 0.335 e. The molecule has 2 aromatic carbocycles. The Bertz CT molecular complexity index is 1410. The van der Waals surface area contributed by atoms with E-state index in [1.807, 2.05) is 30.3 Å². The molecule has 0 fully saturated rings. The van der Waals surface area contributed by atoms with Crippen LogP contribution in [0.3, 0.4) is 0 Å². The van der Waals surface area contributed by atoms with E-state index in [9.17, 15) is 14.7 Å². The number of hydrogen-bond donors (Lipinski definition) is 2. The summed E-state index contributed by atoms with van der Waals surface area (Å²) in [6.45, 7) is 0. The molecule has 2 aliphatic heterocycles. The molecule has 0 saturated carbocycles. The summed E-state index contributed by atoms with van der Waals surface area (Å²) in [6, 6.07) is 19.6. The van der Waals surface area contributed by atoms with E-state index in [4.69, 9.17) is 9.83 Å². The van der Waals surface area contributed by atoms with Gasteiger partial charge in [0.05, 0.1) is 23.1 Å². The van der Waals surface area contributed by atoms with Crippen LogP contribution in [-0.2, 0) is 10.5 Å². The highest BCUT2D eigenvalue weighted by Crippen LogP contribution is 2.33. The molecule has 2 N–H and O–H groups in total. The highest BCUT2D eigenvalue weighted by Gasteiger charge is 2.37. The standard InChI is InChI=1S/C24H16N4O4S2/c25-20-18(12-17-9-10-19(32-17)15-7-4-8-16(11-15)22(30)31)21(29)26-23-28(20)24(27-34-23)33-13-14-5-2-1-3-6-14/h1-12,25H,13H2,(H,30,31)/b18-12-,25-20?. The van der Waals surface area contributed by atoms with Crippen molar-refractivity contribution in [1.82, 2.24) is 4.90 Å². The first-order valence-electron chi connectivity index (χ1n) is 10.1. The van der Waals surface area contributed by atoms with Crippen molar-refractivity contribution in [2.45, 2.75) is 5.75 Å². The minimum atomic E-state index is -1.03. The predicted octanol–water partition coefficient (Wildman–Crippen LogP) is 5.15. The zero-order valence-electron chi connectivity index (χ0n) is 17.5. The summed E-state index contributed by atoms with van der Waals surface area (Å²) in [5.41, 5.74) is 1.94. The monoisotopic (exact) mass is 488 g/mol. The summed E-state index contributed by atoms with van der Waals surface area (Å²) >= 11 is 2.54. The van der Waals surface area contributed by atoms with Crippen molar-refractivity contribution in [3.63, 3.8) is 0 Å². The van der Waals surface area contributed by atoms with Crippen molar-refractivity contribution >= 4 is 57.8 Å². The van der Waals surface area contributed by atoms with Gasteiger partial charge in [0.15, 0.2) is 5.17 Å². The molecule has 5 rings (SSSR count). The average molecular weight is 489 g/mol. The molecule has 8 nitrogen and oxygen atoms in total. The number of amides is 1. The van der Waals surface area contributed by atoms with Gasteiger partial charge in [0.25, 0.3) is 5.91 Å². The van der Waals surface area contributed by atoms with Crippen molar-refractivity contribution in [3.8, 4) is 11.3 Å². The Labute approximate surface area is 202 Å². The van der Waals surface area contributed by atoms with E-state index in [1.54, 1.807) is 29.2 Å². The van der Waals surface area contributed by atoms with Crippen molar-refractivity contribution < 1.29 is 19.1 Å². The van der Waals surface area contributed by atoms with Gasteiger partial charge in [0, 0.05) is 11.3 Å². The van der Waals surface area contributed by atoms with Crippen molar-refractivity contribution in [1.29, 1.82) is 5.41 Å². The lowest BCUT2D eigenvalue weighted by Crippen LogP contribution is -2.41. The van der Waals surface area contributed by atoms with Crippen LogP contribution >= 0.6 is 23.7 Å². The molecular formula is C24H16N4O4S2. The highest BCUT2D eigenvalue weighted by atomic mass is 32.2. The number of hydrogen-bond acceptors (Lipinski definition) is 7. The largest absolute Gasteiger partial charge is 0.478 e. The maximum absolute atomic E-state index is 12.6. The summed E-state index contributed by atoms with van der Waals surface area (Å²) in [4.78, 5) is 29.5. The highest BCUT2D eigenvalue weighted by molar-refractivity contribution is 8.18. The molecule has 0 unspecified atom stereocenters. The number of carbonyl (C=O) groups excluding carboxylic acids is 1. The Kier molecular flexibility index (Phi) is 5.91. The number of benzene rings is 2. The molecule has 1 aromatic heterocycles. The quantitative estimate of drug-likeness (QED) is 0.376. The zero-order valence-corrected chi connectivity index (χ0v) is 19.1. The van der Waals surface area contributed by atoms with Crippen molar-refractivity contribution in [2.75, 3.05) is 0 Å². The van der Waals surface area contributed by atoms with Gasteiger partial charge in [-0.2, -0.15) is 9.39 Å². The van der Waals surface area contributed by atoms with Crippen LogP contribution in [0.2, 0.25) is 0 Å². The number of carboxylic acid groups (broad SMARTS) is 1. The Morgan fingerprint density at radius 3 is 2.76 bits per heavy atom. The number of aliphatic imine (C=N–C) groups is 1. The molecule has 10 heteroatoms. The van der Waals surface area contributed by atoms with E-state index >= 15 is 0 Å². The predicted molar refractivity (Wildman–Crippen MR) is 134 cm³/mol. The van der Waals surface area contributed by atoms with Crippen LogP contribution in [-0.4, -0.2) is 38.1 Å². The molecule has 0 saturated heterocycles. The number of thioether (sulfide) groups is 1. The van der Waals surface area contributed by atoms with E-state index in [0.29, 0.717) is 33.2 Å². The van der Waals surface area contributed by atoms with Gasteiger partial charge in [-0.05, 0) is 35.9 Å². The molecule has 0 aliphatic carbocycles. The van der Waals surface area contributed by atoms with Crippen molar-refractivity contribution in [2.24, 2.45) is 9.39 Å². The zero-order chi connectivity index (χ0) is 23.7. The third kappa shape index (κ3) is 4.33. The Hall–Kier alpha value is -3.89. The SMILES string of the molecule is N=C1/C(=C/c2ccc(-c3cccc(C(=O)O)c3)o2)C(=O)N=C2SN=C(SCc3ccccc3)N12. The number of nitrogens with zero attached hydrogens (tertiary/aromatic N) is 3. The fourth-order valence-corrected chi connectivity index (χ4v) is 5.15. The van der Waals surface area contributed by atoms with Crippen LogP contribution < -0.4 is 0 Å². The Morgan fingerprint density at radius 2 is 1.97 bits per heavy atom. The van der Waals surface area contributed by atoms with E-state index in [2.05, 4.69) is 9.39 Å². The fraction of sp³-hybridized carbons (Fsp3) is 0.0417. The summed E-state index contributed by atoms with van der Waals surface area (Å²) < 4.78 is 10.2. The Morgan fingerprint density at radius 1 is 1.15 bits per heavy atom. The molecule has 1 amide bonds. The van der Waals surface area contributed by atoms with Crippen LogP contribution in [0.5, 0.6) is 0 Å². The lowest BCUT2D eigenvalue weighted by molar-refractivity contribution is -0.114. The first-order valence-corrected chi connectivity index (χ1v) is 11.8. The van der Waals surface area contributed by atoms with Gasteiger partial charge in [-0.1, -0.05) is 54.2 Å². The second-order valence-corrected chi connectivity index (χ2v) is 8.94. The van der Waals surface area contributed by atoms with Gasteiger partial charge in [-0.25, -0.2) is 9.69 Å². The summed E-state index contributed by atoms with van der Waals surface area (Å²) in [5.74, 6) is -0.127. The maximum atomic E-state index is 12.6. The first kappa shape index (κ1) is 21.9. The van der Waals surface area contributed by atoms with E-state index in [0.717, 1.165) is 17.5 Å². The third-order valence-corrected chi connectivity index (χ3v) is 6.84. The first-order chi connectivity index (χ1) is 16.5. The molecule has 34 heavy (non-hydrogen) atoms. The number of aromatic carboxylic acids is 1. The van der Waals surface area contributed by atoms with Crippen molar-refractivity contribution in [3.05, 3.63) is 89.2 Å². The fourth-order valence-electron chi connectivity index (χ4n) is 3.35. The smallest absolute Gasteiger partial charge is 0.335 e. The number of amidine groups is 3. The minimum absolute atomic E-state index is 0.0230. The number of furan rings is 1. The molecule has 0 radical (unpaired) electrons. The van der Waals surface area contributed by atoms with E-state index in [1.165, 1.54) is 30.0 Å². The van der Waals surface area contributed by atoms with E-state index in [-0.39, 0.29) is 17.0 Å². The normalized spacial score (nSPS) is 16.5. The molecule has 3 heterocycles. The summed E-state index contributed by atoms with van der Waals surface area (Å²) in [6.07, 6.45) is 1.47. The number of carboxylic acids is 1. The summed E-state index contributed by atoms with van der Waals surface area (Å²) in [5, 5.41) is 18.8. The molecule has 2 aliphatic rings. The molecular weight excluding hydrogens is 472 g/mol.